The Balaban J connectivity index is 2.04. The summed E-state index contributed by atoms with van der Waals surface area (Å²) in [5.41, 5.74) is 0.593. The van der Waals surface area contributed by atoms with Crippen LogP contribution in [-0.2, 0) is 11.2 Å². The van der Waals surface area contributed by atoms with Gasteiger partial charge in [-0.3, -0.25) is 4.79 Å². The maximum absolute atomic E-state index is 13.1. The first-order valence-corrected chi connectivity index (χ1v) is 6.22. The second-order valence-electron chi connectivity index (χ2n) is 4.40. The molecule has 0 atom stereocenters. The summed E-state index contributed by atoms with van der Waals surface area (Å²) in [6.07, 6.45) is 1.97. The summed E-state index contributed by atoms with van der Waals surface area (Å²) in [6, 6.07) is 4.16. The molecule has 1 saturated heterocycles. The molecule has 1 heterocycles. The smallest absolute Gasteiger partial charge is 0.140 e. The molecule has 1 fully saturated rings. The summed E-state index contributed by atoms with van der Waals surface area (Å²) in [7, 11) is 0. The molecule has 0 aromatic heterocycles. The molecule has 17 heavy (non-hydrogen) atoms. The average Bonchev–Trinajstić information content (AvgIpc) is 2.35. The molecule has 0 saturated carbocycles. The van der Waals surface area contributed by atoms with Crippen LogP contribution in [0.1, 0.15) is 18.4 Å². The van der Waals surface area contributed by atoms with Crippen molar-refractivity contribution >= 4 is 17.4 Å². The van der Waals surface area contributed by atoms with Crippen LogP contribution in [0.25, 0.3) is 0 Å². The molecule has 1 N–H and O–H groups in total. The Morgan fingerprint density at radius 1 is 1.41 bits per heavy atom. The van der Waals surface area contributed by atoms with E-state index in [0.29, 0.717) is 10.6 Å². The third-order valence-corrected chi connectivity index (χ3v) is 3.54. The van der Waals surface area contributed by atoms with Crippen LogP contribution < -0.4 is 5.32 Å². The summed E-state index contributed by atoms with van der Waals surface area (Å²) in [5.74, 6) is -0.0860. The number of halogens is 2. The fourth-order valence-electron chi connectivity index (χ4n) is 2.15. The van der Waals surface area contributed by atoms with E-state index in [1.165, 1.54) is 18.2 Å². The van der Waals surface area contributed by atoms with Gasteiger partial charge in [-0.25, -0.2) is 4.39 Å². The van der Waals surface area contributed by atoms with Gasteiger partial charge in [-0.2, -0.15) is 0 Å². The minimum absolute atomic E-state index is 0.0931. The summed E-state index contributed by atoms with van der Waals surface area (Å²) in [5, 5.41) is 3.68. The SMILES string of the molecule is O=C(Cc1cc(F)ccc1Cl)C1CCNCC1. The lowest BCUT2D eigenvalue weighted by molar-refractivity contribution is -0.122. The molecule has 1 aliphatic rings. The quantitative estimate of drug-likeness (QED) is 0.900. The molecule has 0 amide bonds. The van der Waals surface area contributed by atoms with Gasteiger partial charge < -0.3 is 5.32 Å². The predicted octanol–water partition coefficient (Wildman–Crippen LogP) is 2.59. The van der Waals surface area contributed by atoms with Crippen LogP contribution >= 0.6 is 11.6 Å². The first-order chi connectivity index (χ1) is 8.16. The first kappa shape index (κ1) is 12.5. The number of hydrogen-bond acceptors (Lipinski definition) is 2. The number of Topliss-reactive ketones (excluding diaryl/α,β-unsaturated/α-hetero) is 1. The van der Waals surface area contributed by atoms with Crippen molar-refractivity contribution in [2.24, 2.45) is 5.92 Å². The molecule has 1 aliphatic heterocycles. The van der Waals surface area contributed by atoms with Gasteiger partial charge in [-0.15, -0.1) is 0 Å². The number of carbonyl (C=O) groups excluding carboxylic acids is 1. The van der Waals surface area contributed by atoms with Gasteiger partial charge in [0.25, 0.3) is 0 Å². The van der Waals surface area contributed by atoms with Crippen molar-refractivity contribution < 1.29 is 9.18 Å². The van der Waals surface area contributed by atoms with Crippen LogP contribution in [0.4, 0.5) is 4.39 Å². The third kappa shape index (κ3) is 3.27. The minimum Gasteiger partial charge on any atom is -0.317 e. The largest absolute Gasteiger partial charge is 0.317 e. The maximum atomic E-state index is 13.1. The van der Waals surface area contributed by atoms with E-state index in [1.807, 2.05) is 0 Å². The molecule has 2 nitrogen and oxygen atoms in total. The maximum Gasteiger partial charge on any atom is 0.140 e. The van der Waals surface area contributed by atoms with Crippen molar-refractivity contribution in [1.82, 2.24) is 5.32 Å². The molecule has 0 radical (unpaired) electrons. The molecule has 0 bridgehead atoms. The number of piperidine rings is 1. The number of rotatable bonds is 3. The minimum atomic E-state index is -0.345. The zero-order chi connectivity index (χ0) is 12.3. The summed E-state index contributed by atoms with van der Waals surface area (Å²) in [6.45, 7) is 1.76. The predicted molar refractivity (Wildman–Crippen MR) is 65.7 cm³/mol. The van der Waals surface area contributed by atoms with Crippen LogP contribution in [0, 0.1) is 11.7 Å². The average molecular weight is 256 g/mol. The Kier molecular flexibility index (Phi) is 4.13. The molecule has 4 heteroatoms. The van der Waals surface area contributed by atoms with E-state index in [-0.39, 0.29) is 23.9 Å². The number of carbonyl (C=O) groups is 1. The molecule has 0 aliphatic carbocycles. The zero-order valence-corrected chi connectivity index (χ0v) is 10.3. The molecular formula is C13H15ClFNO. The monoisotopic (exact) mass is 255 g/mol. The van der Waals surface area contributed by atoms with Gasteiger partial charge >= 0.3 is 0 Å². The number of ketones is 1. The Morgan fingerprint density at radius 2 is 2.12 bits per heavy atom. The van der Waals surface area contributed by atoms with Gasteiger partial charge in [-0.05, 0) is 49.7 Å². The summed E-state index contributed by atoms with van der Waals surface area (Å²) in [4.78, 5) is 12.0. The van der Waals surface area contributed by atoms with Gasteiger partial charge in [0.2, 0.25) is 0 Å². The topological polar surface area (TPSA) is 29.1 Å². The molecule has 0 unspecified atom stereocenters. The van der Waals surface area contributed by atoms with E-state index in [2.05, 4.69) is 5.32 Å². The van der Waals surface area contributed by atoms with Crippen LogP contribution in [-0.4, -0.2) is 18.9 Å². The number of benzene rings is 1. The van der Waals surface area contributed by atoms with Crippen LogP contribution in [0.2, 0.25) is 5.02 Å². The van der Waals surface area contributed by atoms with Crippen molar-refractivity contribution in [2.75, 3.05) is 13.1 Å². The van der Waals surface area contributed by atoms with Crippen molar-refractivity contribution in [2.45, 2.75) is 19.3 Å². The van der Waals surface area contributed by atoms with E-state index < -0.39 is 0 Å². The Hall–Kier alpha value is -0.930. The number of nitrogens with one attached hydrogen (secondary N) is 1. The molecule has 0 spiro atoms. The second-order valence-corrected chi connectivity index (χ2v) is 4.81. The van der Waals surface area contributed by atoms with E-state index in [1.54, 1.807) is 0 Å². The highest BCUT2D eigenvalue weighted by Gasteiger charge is 2.21. The van der Waals surface area contributed by atoms with Crippen molar-refractivity contribution in [3.05, 3.63) is 34.6 Å². The lowest BCUT2D eigenvalue weighted by atomic mass is 9.90. The van der Waals surface area contributed by atoms with E-state index in [9.17, 15) is 9.18 Å². The molecular weight excluding hydrogens is 241 g/mol. The summed E-state index contributed by atoms with van der Waals surface area (Å²) < 4.78 is 13.1. The normalized spacial score (nSPS) is 17.1. The summed E-state index contributed by atoms with van der Waals surface area (Å²) >= 11 is 5.95. The van der Waals surface area contributed by atoms with Crippen molar-refractivity contribution in [3.63, 3.8) is 0 Å². The van der Waals surface area contributed by atoms with Gasteiger partial charge in [0.15, 0.2) is 0 Å². The van der Waals surface area contributed by atoms with Gasteiger partial charge in [0.1, 0.15) is 11.6 Å². The Labute approximate surface area is 105 Å². The van der Waals surface area contributed by atoms with Crippen LogP contribution in [0.5, 0.6) is 0 Å². The highest BCUT2D eigenvalue weighted by molar-refractivity contribution is 6.31. The fourth-order valence-corrected chi connectivity index (χ4v) is 2.34. The number of hydrogen-bond donors (Lipinski definition) is 1. The van der Waals surface area contributed by atoms with E-state index in [0.717, 1.165) is 25.9 Å². The standard InChI is InChI=1S/C13H15ClFNO/c14-12-2-1-11(15)7-10(12)8-13(17)9-3-5-16-6-4-9/h1-2,7,9,16H,3-6,8H2. The Morgan fingerprint density at radius 3 is 2.82 bits per heavy atom. The first-order valence-electron chi connectivity index (χ1n) is 5.84. The van der Waals surface area contributed by atoms with Crippen molar-refractivity contribution in [3.8, 4) is 0 Å². The van der Waals surface area contributed by atoms with E-state index in [4.69, 9.17) is 11.6 Å². The highest BCUT2D eigenvalue weighted by atomic mass is 35.5. The molecule has 1 aromatic rings. The fraction of sp³-hybridized carbons (Fsp3) is 0.462. The molecule has 1 aromatic carbocycles. The molecule has 2 rings (SSSR count). The third-order valence-electron chi connectivity index (χ3n) is 3.17. The van der Waals surface area contributed by atoms with E-state index >= 15 is 0 Å². The molecule has 92 valence electrons. The highest BCUT2D eigenvalue weighted by Crippen LogP contribution is 2.21. The second kappa shape index (κ2) is 5.61. The van der Waals surface area contributed by atoms with Gasteiger partial charge in [0.05, 0.1) is 0 Å². The van der Waals surface area contributed by atoms with Gasteiger partial charge in [0, 0.05) is 17.4 Å². The zero-order valence-electron chi connectivity index (χ0n) is 9.51. The lowest BCUT2D eigenvalue weighted by Gasteiger charge is -2.21. The van der Waals surface area contributed by atoms with Crippen molar-refractivity contribution in [1.29, 1.82) is 0 Å². The Bertz CT molecular complexity index is 416. The van der Waals surface area contributed by atoms with Gasteiger partial charge in [-0.1, -0.05) is 11.6 Å². The lowest BCUT2D eigenvalue weighted by Crippen LogP contribution is -2.32. The van der Waals surface area contributed by atoms with Crippen LogP contribution in [0.3, 0.4) is 0 Å². The van der Waals surface area contributed by atoms with Crippen LogP contribution in [0.15, 0.2) is 18.2 Å².